The van der Waals surface area contributed by atoms with Crippen LogP contribution in [0.15, 0.2) is 24.3 Å². The van der Waals surface area contributed by atoms with Gasteiger partial charge in [0, 0.05) is 18.0 Å². The van der Waals surface area contributed by atoms with E-state index in [1.165, 1.54) is 0 Å². The van der Waals surface area contributed by atoms with E-state index in [0.29, 0.717) is 18.0 Å². The van der Waals surface area contributed by atoms with Gasteiger partial charge in [0.05, 0.1) is 6.04 Å². The maximum absolute atomic E-state index is 11.8. The van der Waals surface area contributed by atoms with Crippen LogP contribution in [0.5, 0.6) is 0 Å². The lowest BCUT2D eigenvalue weighted by Gasteiger charge is -2.18. The standard InChI is InChI=1S/C15H21ClN2O3/c1-3-11(8-14(19)20)9-17-15(21)18-10(2)12-6-4-5-7-13(12)16/h4-7,10-11H,3,8-9H2,1-2H3,(H,19,20)(H2,17,18,21). The van der Waals surface area contributed by atoms with E-state index in [1.54, 1.807) is 6.07 Å². The third-order valence-electron chi connectivity index (χ3n) is 3.31. The van der Waals surface area contributed by atoms with Gasteiger partial charge in [-0.3, -0.25) is 4.79 Å². The summed E-state index contributed by atoms with van der Waals surface area (Å²) >= 11 is 6.07. The summed E-state index contributed by atoms with van der Waals surface area (Å²) in [6.45, 7) is 4.08. The number of amides is 2. The minimum Gasteiger partial charge on any atom is -0.481 e. The minimum atomic E-state index is -0.853. The highest BCUT2D eigenvalue weighted by Crippen LogP contribution is 2.21. The molecule has 0 spiro atoms. The molecule has 0 bridgehead atoms. The molecule has 3 N–H and O–H groups in total. The smallest absolute Gasteiger partial charge is 0.315 e. The van der Waals surface area contributed by atoms with Crippen LogP contribution in [0.3, 0.4) is 0 Å². The van der Waals surface area contributed by atoms with Crippen molar-refractivity contribution in [3.8, 4) is 0 Å². The Labute approximate surface area is 129 Å². The summed E-state index contributed by atoms with van der Waals surface area (Å²) < 4.78 is 0. The number of aliphatic carboxylic acids is 1. The van der Waals surface area contributed by atoms with Crippen molar-refractivity contribution < 1.29 is 14.7 Å². The van der Waals surface area contributed by atoms with Gasteiger partial charge in [-0.2, -0.15) is 0 Å². The summed E-state index contributed by atoms with van der Waals surface area (Å²) in [6, 6.07) is 6.76. The lowest BCUT2D eigenvalue weighted by atomic mass is 10.0. The van der Waals surface area contributed by atoms with Crippen molar-refractivity contribution in [2.75, 3.05) is 6.54 Å². The molecule has 2 atom stereocenters. The molecule has 0 heterocycles. The van der Waals surface area contributed by atoms with Gasteiger partial charge in [0.25, 0.3) is 0 Å². The number of halogens is 1. The zero-order chi connectivity index (χ0) is 15.8. The first-order chi connectivity index (χ1) is 9.93. The second-order valence-electron chi connectivity index (χ2n) is 4.97. The predicted molar refractivity (Wildman–Crippen MR) is 82.4 cm³/mol. The number of carboxylic acid groups (broad SMARTS) is 1. The number of carbonyl (C=O) groups excluding carboxylic acids is 1. The highest BCUT2D eigenvalue weighted by atomic mass is 35.5. The van der Waals surface area contributed by atoms with Crippen LogP contribution in [-0.2, 0) is 4.79 Å². The number of hydrogen-bond donors (Lipinski definition) is 3. The topological polar surface area (TPSA) is 78.4 Å². The van der Waals surface area contributed by atoms with Crippen molar-refractivity contribution in [2.45, 2.75) is 32.7 Å². The summed E-state index contributed by atoms with van der Waals surface area (Å²) in [4.78, 5) is 22.5. The monoisotopic (exact) mass is 312 g/mol. The molecule has 0 saturated heterocycles. The van der Waals surface area contributed by atoms with Crippen molar-refractivity contribution in [1.82, 2.24) is 10.6 Å². The molecule has 2 amide bonds. The zero-order valence-corrected chi connectivity index (χ0v) is 13.0. The lowest BCUT2D eigenvalue weighted by molar-refractivity contribution is -0.138. The molecule has 2 unspecified atom stereocenters. The van der Waals surface area contributed by atoms with Crippen LogP contribution in [0.2, 0.25) is 5.02 Å². The predicted octanol–water partition coefficient (Wildman–Crippen LogP) is 3.20. The Morgan fingerprint density at radius 3 is 2.57 bits per heavy atom. The first kappa shape index (κ1) is 17.3. The number of nitrogens with one attached hydrogen (secondary N) is 2. The van der Waals surface area contributed by atoms with Crippen molar-refractivity contribution in [3.63, 3.8) is 0 Å². The van der Waals surface area contributed by atoms with Gasteiger partial charge in [-0.15, -0.1) is 0 Å². The highest BCUT2D eigenvalue weighted by molar-refractivity contribution is 6.31. The van der Waals surface area contributed by atoms with E-state index < -0.39 is 5.97 Å². The number of rotatable bonds is 7. The summed E-state index contributed by atoms with van der Waals surface area (Å²) in [7, 11) is 0. The molecular weight excluding hydrogens is 292 g/mol. The Kier molecular flexibility index (Phi) is 7.02. The third-order valence-corrected chi connectivity index (χ3v) is 3.66. The van der Waals surface area contributed by atoms with Crippen molar-refractivity contribution >= 4 is 23.6 Å². The molecule has 0 fully saturated rings. The number of urea groups is 1. The van der Waals surface area contributed by atoms with Gasteiger partial charge in [0.1, 0.15) is 0 Å². The first-order valence-corrected chi connectivity index (χ1v) is 7.32. The maximum Gasteiger partial charge on any atom is 0.315 e. The molecule has 21 heavy (non-hydrogen) atoms. The van der Waals surface area contributed by atoms with Crippen LogP contribution in [0, 0.1) is 5.92 Å². The van der Waals surface area contributed by atoms with E-state index in [0.717, 1.165) is 5.56 Å². The fourth-order valence-corrected chi connectivity index (χ4v) is 2.30. The normalized spacial score (nSPS) is 13.3. The average Bonchev–Trinajstić information content (AvgIpc) is 2.43. The van der Waals surface area contributed by atoms with E-state index in [1.807, 2.05) is 32.0 Å². The van der Waals surface area contributed by atoms with Crippen molar-refractivity contribution in [3.05, 3.63) is 34.9 Å². The lowest BCUT2D eigenvalue weighted by Crippen LogP contribution is -2.39. The third kappa shape index (κ3) is 6.04. The molecule has 0 aliphatic carbocycles. The molecule has 116 valence electrons. The molecule has 5 nitrogen and oxygen atoms in total. The highest BCUT2D eigenvalue weighted by Gasteiger charge is 2.15. The van der Waals surface area contributed by atoms with Crippen LogP contribution in [0.1, 0.15) is 38.3 Å². The van der Waals surface area contributed by atoms with E-state index in [2.05, 4.69) is 10.6 Å². The number of carbonyl (C=O) groups is 2. The van der Waals surface area contributed by atoms with Crippen molar-refractivity contribution in [1.29, 1.82) is 0 Å². The van der Waals surface area contributed by atoms with Crippen LogP contribution < -0.4 is 10.6 Å². The fraction of sp³-hybridized carbons (Fsp3) is 0.467. The molecular formula is C15H21ClN2O3. The average molecular weight is 313 g/mol. The van der Waals surface area contributed by atoms with E-state index in [9.17, 15) is 9.59 Å². The molecule has 1 aromatic rings. The molecule has 0 aliphatic rings. The van der Waals surface area contributed by atoms with E-state index in [4.69, 9.17) is 16.7 Å². The quantitative estimate of drug-likeness (QED) is 0.723. The van der Waals surface area contributed by atoms with Crippen LogP contribution in [0.25, 0.3) is 0 Å². The van der Waals surface area contributed by atoms with Crippen LogP contribution >= 0.6 is 11.6 Å². The van der Waals surface area contributed by atoms with Gasteiger partial charge in [-0.25, -0.2) is 4.79 Å². The Hall–Kier alpha value is -1.75. The SMILES string of the molecule is CCC(CNC(=O)NC(C)c1ccccc1Cl)CC(=O)O. The Morgan fingerprint density at radius 2 is 2.00 bits per heavy atom. The molecule has 0 aliphatic heterocycles. The van der Waals surface area contributed by atoms with Crippen LogP contribution in [-0.4, -0.2) is 23.7 Å². The van der Waals surface area contributed by atoms with Gasteiger partial charge < -0.3 is 15.7 Å². The summed E-state index contributed by atoms with van der Waals surface area (Å²) in [5.74, 6) is -0.919. The van der Waals surface area contributed by atoms with Gasteiger partial charge in [0.15, 0.2) is 0 Å². The Morgan fingerprint density at radius 1 is 1.33 bits per heavy atom. The summed E-state index contributed by atoms with van der Waals surface area (Å²) in [5.41, 5.74) is 0.840. The Balaban J connectivity index is 2.46. The largest absolute Gasteiger partial charge is 0.481 e. The van der Waals surface area contributed by atoms with Crippen LogP contribution in [0.4, 0.5) is 4.79 Å². The Bertz CT molecular complexity index is 494. The summed E-state index contributed by atoms with van der Waals surface area (Å²) in [6.07, 6.45) is 0.753. The van der Waals surface area contributed by atoms with Gasteiger partial charge in [-0.05, 0) is 24.5 Å². The minimum absolute atomic E-state index is 0.0524. The molecule has 0 radical (unpaired) electrons. The van der Waals surface area contributed by atoms with Gasteiger partial charge >= 0.3 is 12.0 Å². The van der Waals surface area contributed by atoms with Gasteiger partial charge in [0.2, 0.25) is 0 Å². The van der Waals surface area contributed by atoms with E-state index >= 15 is 0 Å². The number of carboxylic acids is 1. The van der Waals surface area contributed by atoms with Gasteiger partial charge in [-0.1, -0.05) is 43.1 Å². The second kappa shape index (κ2) is 8.52. The molecule has 6 heteroatoms. The summed E-state index contributed by atoms with van der Waals surface area (Å²) in [5, 5.41) is 14.9. The first-order valence-electron chi connectivity index (χ1n) is 6.94. The maximum atomic E-state index is 11.8. The molecule has 0 saturated carbocycles. The van der Waals surface area contributed by atoms with E-state index in [-0.39, 0.29) is 24.4 Å². The zero-order valence-electron chi connectivity index (χ0n) is 12.2. The van der Waals surface area contributed by atoms with Crippen molar-refractivity contribution in [2.24, 2.45) is 5.92 Å². The number of hydrogen-bond acceptors (Lipinski definition) is 2. The fourth-order valence-electron chi connectivity index (χ4n) is 2.00. The molecule has 1 aromatic carbocycles. The second-order valence-corrected chi connectivity index (χ2v) is 5.38. The molecule has 1 rings (SSSR count). The number of benzene rings is 1. The molecule has 0 aromatic heterocycles.